The van der Waals surface area contributed by atoms with Crippen LogP contribution in [0.1, 0.15) is 77.6 Å². The Bertz CT molecular complexity index is 884. The molecule has 0 radical (unpaired) electrons. The quantitative estimate of drug-likeness (QED) is 0.0263. The average molecular weight is 716 g/mol. The molecule has 0 saturated carbocycles. The van der Waals surface area contributed by atoms with Gasteiger partial charge >= 0.3 is 0 Å². The summed E-state index contributed by atoms with van der Waals surface area (Å²) in [4.78, 5) is 43.4. The number of amides is 3. The summed E-state index contributed by atoms with van der Waals surface area (Å²) in [6.07, 6.45) is 6.38. The predicted molar refractivity (Wildman–Crippen MR) is 188 cm³/mol. The van der Waals surface area contributed by atoms with Gasteiger partial charge in [-0.15, -0.1) is 0 Å². The molecule has 0 heterocycles. The third kappa shape index (κ3) is 27.4. The first-order valence-corrected chi connectivity index (χ1v) is 17.8. The van der Waals surface area contributed by atoms with E-state index in [0.29, 0.717) is 137 Å². The molecule has 290 valence electrons. The summed E-state index contributed by atoms with van der Waals surface area (Å²) in [6.45, 7) is 7.53. The number of carbonyl (C=O) groups is 3. The zero-order valence-corrected chi connectivity index (χ0v) is 29.6. The van der Waals surface area contributed by atoms with E-state index in [1.807, 2.05) is 6.92 Å². The van der Waals surface area contributed by atoms with E-state index in [0.717, 1.165) is 13.0 Å². The second-order valence-electron chi connectivity index (χ2n) is 11.6. The van der Waals surface area contributed by atoms with E-state index in [-0.39, 0.29) is 18.4 Å². The highest BCUT2D eigenvalue weighted by atomic mass is 16.6. The molecule has 0 aliphatic carbocycles. The Morgan fingerprint density at radius 2 is 1.33 bits per heavy atom. The lowest BCUT2D eigenvalue weighted by molar-refractivity contribution is -0.130. The van der Waals surface area contributed by atoms with Crippen LogP contribution in [0.5, 0.6) is 0 Å². The van der Waals surface area contributed by atoms with E-state index in [1.54, 1.807) is 0 Å². The molecule has 4 atom stereocenters. The van der Waals surface area contributed by atoms with Gasteiger partial charge in [-0.2, -0.15) is 0 Å². The molecule has 2 unspecified atom stereocenters. The molecule has 49 heavy (non-hydrogen) atoms. The van der Waals surface area contributed by atoms with Crippen molar-refractivity contribution in [3.8, 4) is 0 Å². The molecule has 0 aromatic carbocycles. The normalized spacial score (nSPS) is 14.9. The van der Waals surface area contributed by atoms with Crippen LogP contribution in [-0.4, -0.2) is 127 Å². The van der Waals surface area contributed by atoms with Crippen molar-refractivity contribution in [2.24, 2.45) is 28.8 Å². The Morgan fingerprint density at radius 3 is 1.96 bits per heavy atom. The first-order chi connectivity index (χ1) is 25.9. The minimum atomic E-state index is -0.841. The molecule has 3 amide bonds. The van der Waals surface area contributed by atoms with Gasteiger partial charge in [-0.3, -0.25) is 14.4 Å². The van der Waals surface area contributed by atoms with Gasteiger partial charge in [0.25, 0.3) is 0 Å². The number of unbranched alkanes of at least 4 members (excludes halogenated alkanes) is 3. The lowest BCUT2D eigenvalue weighted by Crippen LogP contribution is -2.54. The second-order valence-corrected chi connectivity index (χ2v) is 11.6. The van der Waals surface area contributed by atoms with Crippen molar-refractivity contribution >= 4 is 17.7 Å². The molecular weight excluding hydrogens is 638 g/mol. The highest BCUT2D eigenvalue weighted by Crippen LogP contribution is 2.18. The highest BCUT2D eigenvalue weighted by molar-refractivity contribution is 5.86. The highest BCUT2D eigenvalue weighted by Gasteiger charge is 2.32. The van der Waals surface area contributed by atoms with Gasteiger partial charge in [0, 0.05) is 38.9 Å². The van der Waals surface area contributed by atoms with Gasteiger partial charge in [0.2, 0.25) is 17.7 Å². The molecule has 0 aromatic rings. The number of carbonyl (C=O) groups excluding carboxylic acids is 3. The Hall–Kier alpha value is -2.03. The zero-order valence-electron chi connectivity index (χ0n) is 33.6. The lowest BCUT2D eigenvalue weighted by atomic mass is 9.86. The Morgan fingerprint density at radius 1 is 0.694 bits per heavy atom. The van der Waals surface area contributed by atoms with Gasteiger partial charge in [-0.1, -0.05) is 19.3 Å². The second kappa shape index (κ2) is 34.4. The molecule has 17 heteroatoms. The average Bonchev–Trinajstić information content (AvgIpc) is 3.16. The molecule has 14 N–H and O–H groups in total. The standard InChI is InChI=1S/C32H69N9O8/c1-2-49-40-18-10-20-47-22-24-48-23-21-46-19-9-17-37-29(42)25-39-31(43)26(30(41-45)27(35)12-3-6-14-33)11-5-8-16-38-32(44)28(36)13-4-7-15-34/h26-28,30,40-41,45H,2-25,33-36H2,1H3,(H,37,42)(H,38,44)(H,39,43)/t26-,27?,28+,30?/m1/s1/i/hT4. The van der Waals surface area contributed by atoms with Crippen molar-refractivity contribution in [1.82, 2.24) is 26.9 Å². The summed E-state index contributed by atoms with van der Waals surface area (Å²) in [5.41, 5.74) is 14.4. The molecular formula is C32H69N9O8. The summed E-state index contributed by atoms with van der Waals surface area (Å²) in [7, 11) is 0. The van der Waals surface area contributed by atoms with Gasteiger partial charge < -0.3 is 63.1 Å². The SMILES string of the molecule is [3H]NCCCCC(N[3H])C(NO)[C@@H](CCCCNC(=O)[C@H](CCCCN[3H])N[3H])C(=O)NCC(=O)NCCCOCCOCCOCCCNOCC. The summed E-state index contributed by atoms with van der Waals surface area (Å²) in [5.74, 6) is -1.95. The minimum Gasteiger partial charge on any atom is -0.379 e. The van der Waals surface area contributed by atoms with Crippen LogP contribution in [0.2, 0.25) is 5.65 Å². The summed E-state index contributed by atoms with van der Waals surface area (Å²) in [6, 6.07) is -2.11. The van der Waals surface area contributed by atoms with Crippen LogP contribution in [0, 0.1) is 5.92 Å². The van der Waals surface area contributed by atoms with Crippen LogP contribution in [-0.2, 0) is 33.4 Å². The van der Waals surface area contributed by atoms with E-state index in [9.17, 15) is 19.6 Å². The summed E-state index contributed by atoms with van der Waals surface area (Å²) in [5, 5.41) is 18.3. The Labute approximate surface area is 299 Å². The predicted octanol–water partition coefficient (Wildman–Crippen LogP) is -1.25. The molecule has 0 fully saturated rings. The lowest BCUT2D eigenvalue weighted by Gasteiger charge is -2.30. The first-order valence-electron chi connectivity index (χ1n) is 19.8. The van der Waals surface area contributed by atoms with Crippen LogP contribution in [0.25, 0.3) is 0 Å². The van der Waals surface area contributed by atoms with Crippen LogP contribution < -0.4 is 49.8 Å². The number of rotatable bonds is 40. The Kier molecular flexibility index (Phi) is 27.9. The number of ether oxygens (including phenoxy) is 3. The van der Waals surface area contributed by atoms with Gasteiger partial charge in [0.1, 0.15) is 5.65 Å². The van der Waals surface area contributed by atoms with Gasteiger partial charge in [0.05, 0.1) is 57.6 Å². The largest absolute Gasteiger partial charge is 0.379 e. The fourth-order valence-corrected chi connectivity index (χ4v) is 4.76. The third-order valence-corrected chi connectivity index (χ3v) is 7.54. The van der Waals surface area contributed by atoms with Crippen molar-refractivity contribution < 1.29 is 44.3 Å². The van der Waals surface area contributed by atoms with Crippen LogP contribution in [0.3, 0.4) is 0 Å². The molecule has 0 aliphatic heterocycles. The third-order valence-electron chi connectivity index (χ3n) is 7.54. The van der Waals surface area contributed by atoms with Gasteiger partial charge in [-0.25, -0.2) is 11.0 Å². The number of nitrogens with two attached hydrogens (primary N) is 4. The van der Waals surface area contributed by atoms with Crippen molar-refractivity contribution in [2.45, 2.75) is 95.7 Å². The molecule has 0 saturated heterocycles. The number of hydroxylamine groups is 2. The molecule has 0 rings (SSSR count). The van der Waals surface area contributed by atoms with E-state index in [4.69, 9.17) is 24.7 Å². The molecule has 0 bridgehead atoms. The van der Waals surface area contributed by atoms with Crippen molar-refractivity contribution in [3.63, 3.8) is 0 Å². The van der Waals surface area contributed by atoms with E-state index in [1.165, 1.54) is 0 Å². The monoisotopic (exact) mass is 716 g/mol. The number of hydrogen-bond donors (Lipinski definition) is 10. The van der Waals surface area contributed by atoms with Crippen LogP contribution in [0.4, 0.5) is 0 Å². The van der Waals surface area contributed by atoms with Gasteiger partial charge in [0.15, 0.2) is 0 Å². The Balaban J connectivity index is 4.65. The van der Waals surface area contributed by atoms with E-state index < -0.39 is 30.0 Å². The van der Waals surface area contributed by atoms with E-state index >= 15 is 0 Å². The first kappa shape index (κ1) is 39.8. The van der Waals surface area contributed by atoms with Crippen molar-refractivity contribution in [2.75, 3.05) is 85.5 Å². The van der Waals surface area contributed by atoms with Crippen LogP contribution in [0.15, 0.2) is 0 Å². The van der Waals surface area contributed by atoms with Crippen molar-refractivity contribution in [1.29, 1.82) is 0 Å². The maximum Gasteiger partial charge on any atom is 0.239 e. The van der Waals surface area contributed by atoms with Crippen molar-refractivity contribution in [3.05, 3.63) is 0 Å². The topological polar surface area (TPSA) is 273 Å². The van der Waals surface area contributed by atoms with Gasteiger partial charge in [-0.05, 0) is 71.4 Å². The molecule has 0 aromatic heterocycles. The molecule has 0 spiro atoms. The molecule has 17 nitrogen and oxygen atoms in total. The molecule has 0 aliphatic rings. The summed E-state index contributed by atoms with van der Waals surface area (Å²) < 4.78 is 45.9. The summed E-state index contributed by atoms with van der Waals surface area (Å²) >= 11 is 0. The number of hydrogen-bond acceptors (Lipinski definition) is 14. The van der Waals surface area contributed by atoms with E-state index in [2.05, 4.69) is 49.8 Å². The zero-order chi connectivity index (χ0) is 39.2. The number of nitrogens with one attached hydrogen (secondary N) is 5. The fourth-order valence-electron chi connectivity index (χ4n) is 4.76. The van der Waals surface area contributed by atoms with Crippen LogP contribution >= 0.6 is 0 Å². The smallest absolute Gasteiger partial charge is 0.239 e. The minimum absolute atomic E-state index is 0.267. The fraction of sp³-hybridized carbons (Fsp3) is 0.906. The maximum atomic E-state index is 13.4. The maximum absolute atomic E-state index is 13.4.